The quantitative estimate of drug-likeness (QED) is 0.547. The Kier molecular flexibility index (Phi) is 7.50. The van der Waals surface area contributed by atoms with Crippen molar-refractivity contribution in [3.05, 3.63) is 23.7 Å². The third kappa shape index (κ3) is 9.17. The first-order valence-corrected chi connectivity index (χ1v) is 5.29. The average Bonchev–Trinajstić information content (AvgIpc) is 2.16. The minimum absolute atomic E-state index is 0.0647. The molecule has 0 unspecified atom stereocenters. The average molecular weight is 242 g/mol. The second kappa shape index (κ2) is 8.38. The molecule has 0 rings (SSSR count). The Morgan fingerprint density at radius 3 is 2.12 bits per heavy atom. The first-order chi connectivity index (χ1) is 7.95. The van der Waals surface area contributed by atoms with E-state index in [4.69, 9.17) is 14.6 Å². The maximum Gasteiger partial charge on any atom is 0.310 e. The summed E-state index contributed by atoms with van der Waals surface area (Å²) in [5.41, 5.74) is 1.31. The summed E-state index contributed by atoms with van der Waals surface area (Å²) >= 11 is 0. The van der Waals surface area contributed by atoms with Crippen LogP contribution in [0.15, 0.2) is 23.7 Å². The normalized spacial score (nSPS) is 12.2. The number of rotatable bonds is 7. The van der Waals surface area contributed by atoms with Crippen molar-refractivity contribution in [1.29, 1.82) is 0 Å². The second-order valence-electron chi connectivity index (χ2n) is 3.62. The Bertz CT molecular complexity index is 328. The fourth-order valence-corrected chi connectivity index (χ4v) is 1.03. The monoisotopic (exact) mass is 242 g/mol. The van der Waals surface area contributed by atoms with Gasteiger partial charge in [0.25, 0.3) is 0 Å². The summed E-state index contributed by atoms with van der Waals surface area (Å²) in [5.74, 6) is -1.22. The van der Waals surface area contributed by atoms with Gasteiger partial charge in [-0.25, -0.2) is 0 Å². The summed E-state index contributed by atoms with van der Waals surface area (Å²) in [5, 5.41) is 8.50. The van der Waals surface area contributed by atoms with Gasteiger partial charge >= 0.3 is 11.9 Å². The predicted octanol–water partition coefficient (Wildman–Crippen LogP) is 2.24. The van der Waals surface area contributed by atoms with Crippen molar-refractivity contribution in [3.63, 3.8) is 0 Å². The maximum atomic E-state index is 11.1. The summed E-state index contributed by atoms with van der Waals surface area (Å²) in [6.45, 7) is 5.48. The molecule has 0 saturated carbocycles. The van der Waals surface area contributed by atoms with Gasteiger partial charge < -0.3 is 14.6 Å². The van der Waals surface area contributed by atoms with Gasteiger partial charge in [-0.3, -0.25) is 9.59 Å². The highest BCUT2D eigenvalue weighted by Crippen LogP contribution is 2.05. The van der Waals surface area contributed by atoms with Crippen molar-refractivity contribution < 1.29 is 24.2 Å². The van der Waals surface area contributed by atoms with E-state index in [9.17, 15) is 9.59 Å². The van der Waals surface area contributed by atoms with Crippen LogP contribution in [0.25, 0.3) is 0 Å². The van der Waals surface area contributed by atoms with E-state index in [1.54, 1.807) is 20.8 Å². The van der Waals surface area contributed by atoms with Crippen LogP contribution in [0.4, 0.5) is 0 Å². The lowest BCUT2D eigenvalue weighted by molar-refractivity contribution is -0.142. The highest BCUT2D eigenvalue weighted by atomic mass is 16.5. The number of carboxylic acid groups (broad SMARTS) is 1. The molecule has 0 saturated heterocycles. The zero-order chi connectivity index (χ0) is 13.3. The van der Waals surface area contributed by atoms with Crippen molar-refractivity contribution in [2.75, 3.05) is 6.61 Å². The number of carbonyl (C=O) groups is 2. The standard InChI is InChI=1S/C12H18O5/c1-4-17-12(15)6-10(3)8-16-7-9(2)5-11(13)14/h7-8H,4-6H2,1-3H3,(H,13,14)/b9-7+,10-8+. The van der Waals surface area contributed by atoms with Crippen molar-refractivity contribution in [3.8, 4) is 0 Å². The largest absolute Gasteiger partial charge is 0.481 e. The van der Waals surface area contributed by atoms with Gasteiger partial charge in [0, 0.05) is 0 Å². The van der Waals surface area contributed by atoms with Crippen LogP contribution in [-0.4, -0.2) is 23.7 Å². The van der Waals surface area contributed by atoms with Crippen molar-refractivity contribution in [2.45, 2.75) is 33.6 Å². The van der Waals surface area contributed by atoms with Crippen LogP contribution in [0.5, 0.6) is 0 Å². The molecule has 0 aromatic carbocycles. The van der Waals surface area contributed by atoms with Crippen LogP contribution in [0.2, 0.25) is 0 Å². The van der Waals surface area contributed by atoms with Gasteiger partial charge in [0.05, 0.1) is 32.0 Å². The number of hydrogen-bond acceptors (Lipinski definition) is 4. The molecule has 5 heteroatoms. The fraction of sp³-hybridized carbons (Fsp3) is 0.500. The number of esters is 1. The third-order valence-corrected chi connectivity index (χ3v) is 1.70. The number of carboxylic acids is 1. The van der Waals surface area contributed by atoms with Crippen LogP contribution < -0.4 is 0 Å². The Morgan fingerprint density at radius 1 is 1.12 bits per heavy atom. The van der Waals surface area contributed by atoms with E-state index in [0.717, 1.165) is 0 Å². The highest BCUT2D eigenvalue weighted by Gasteiger charge is 2.02. The van der Waals surface area contributed by atoms with Gasteiger partial charge in [-0.15, -0.1) is 0 Å². The Balaban J connectivity index is 4.06. The number of ether oxygens (including phenoxy) is 2. The zero-order valence-corrected chi connectivity index (χ0v) is 10.4. The van der Waals surface area contributed by atoms with Crippen molar-refractivity contribution in [1.82, 2.24) is 0 Å². The lowest BCUT2D eigenvalue weighted by atomic mass is 10.2. The predicted molar refractivity (Wildman–Crippen MR) is 62.1 cm³/mol. The molecule has 0 fully saturated rings. The maximum absolute atomic E-state index is 11.1. The Morgan fingerprint density at radius 2 is 1.65 bits per heavy atom. The van der Waals surface area contributed by atoms with Gasteiger partial charge in [0.1, 0.15) is 0 Å². The molecular formula is C12H18O5. The van der Waals surface area contributed by atoms with E-state index >= 15 is 0 Å². The first kappa shape index (κ1) is 15.2. The zero-order valence-electron chi connectivity index (χ0n) is 10.4. The summed E-state index contributed by atoms with van der Waals surface area (Å²) in [7, 11) is 0. The van der Waals surface area contributed by atoms with E-state index in [1.165, 1.54) is 12.5 Å². The van der Waals surface area contributed by atoms with E-state index in [1.807, 2.05) is 0 Å². The molecule has 0 spiro atoms. The minimum atomic E-state index is -0.908. The molecule has 0 aromatic rings. The molecule has 0 amide bonds. The third-order valence-electron chi connectivity index (χ3n) is 1.70. The summed E-state index contributed by atoms with van der Waals surface area (Å²) in [6.07, 6.45) is 2.86. The molecule has 96 valence electrons. The Hall–Kier alpha value is -1.78. The fourth-order valence-electron chi connectivity index (χ4n) is 1.03. The lowest BCUT2D eigenvalue weighted by Crippen LogP contribution is -2.03. The highest BCUT2D eigenvalue weighted by molar-refractivity contribution is 5.72. The smallest absolute Gasteiger partial charge is 0.310 e. The molecular weight excluding hydrogens is 224 g/mol. The Labute approximate surface area is 101 Å². The molecule has 0 aliphatic carbocycles. The number of carbonyl (C=O) groups excluding carboxylic acids is 1. The van der Waals surface area contributed by atoms with Crippen LogP contribution >= 0.6 is 0 Å². The van der Waals surface area contributed by atoms with Gasteiger partial charge in [-0.1, -0.05) is 0 Å². The lowest BCUT2D eigenvalue weighted by Gasteiger charge is -2.02. The van der Waals surface area contributed by atoms with Crippen LogP contribution in [-0.2, 0) is 19.1 Å². The van der Waals surface area contributed by atoms with Crippen LogP contribution in [0.1, 0.15) is 33.6 Å². The molecule has 5 nitrogen and oxygen atoms in total. The number of hydrogen-bond donors (Lipinski definition) is 1. The molecule has 1 N–H and O–H groups in total. The summed E-state index contributed by atoms with van der Waals surface area (Å²) in [6, 6.07) is 0. The first-order valence-electron chi connectivity index (χ1n) is 5.29. The van der Waals surface area contributed by atoms with E-state index in [2.05, 4.69) is 0 Å². The SMILES string of the molecule is CCOC(=O)C/C(C)=C/O/C=C(\C)CC(=O)O. The topological polar surface area (TPSA) is 72.8 Å². The van der Waals surface area contributed by atoms with E-state index < -0.39 is 5.97 Å². The molecule has 17 heavy (non-hydrogen) atoms. The molecule has 0 atom stereocenters. The molecule has 0 aromatic heterocycles. The molecule has 0 aliphatic rings. The van der Waals surface area contributed by atoms with Gasteiger partial charge in [-0.05, 0) is 31.9 Å². The second-order valence-corrected chi connectivity index (χ2v) is 3.62. The molecule has 0 bridgehead atoms. The van der Waals surface area contributed by atoms with Crippen molar-refractivity contribution >= 4 is 11.9 Å². The van der Waals surface area contributed by atoms with Gasteiger partial charge in [0.2, 0.25) is 0 Å². The minimum Gasteiger partial charge on any atom is -0.481 e. The molecule has 0 aliphatic heterocycles. The molecule has 0 radical (unpaired) electrons. The number of aliphatic carboxylic acids is 1. The van der Waals surface area contributed by atoms with Crippen molar-refractivity contribution in [2.24, 2.45) is 0 Å². The van der Waals surface area contributed by atoms with E-state index in [-0.39, 0.29) is 18.8 Å². The summed E-state index contributed by atoms with van der Waals surface area (Å²) < 4.78 is 9.81. The van der Waals surface area contributed by atoms with Gasteiger partial charge in [-0.2, -0.15) is 0 Å². The summed E-state index contributed by atoms with van der Waals surface area (Å²) in [4.78, 5) is 21.4. The molecule has 0 heterocycles. The van der Waals surface area contributed by atoms with E-state index in [0.29, 0.717) is 17.8 Å². The van der Waals surface area contributed by atoms with Crippen LogP contribution in [0, 0.1) is 0 Å². The van der Waals surface area contributed by atoms with Crippen LogP contribution in [0.3, 0.4) is 0 Å². The van der Waals surface area contributed by atoms with Gasteiger partial charge in [0.15, 0.2) is 0 Å².